The van der Waals surface area contributed by atoms with E-state index in [0.29, 0.717) is 49.2 Å². The number of aliphatic hydroxyl groups is 3. The number of para-hydroxylation sites is 1. The largest absolute Gasteiger partial charge is 0.494 e. The zero-order chi connectivity index (χ0) is 21.1. The summed E-state index contributed by atoms with van der Waals surface area (Å²) >= 11 is 1.35. The zero-order valence-electron chi connectivity index (χ0n) is 17.0. The minimum atomic E-state index is -1.25. The molecule has 0 spiro atoms. The standard InChI is InChI=1S/C23H32O5S/c1-29-21-17-23(27,14-5-6-16-28-19-11-3-2-4-12-19)20(22(21)26)13-7-9-18(25)10-8-15-24/h2-4,11-13,17-18,24-25,27H,5-10,14-16H2,1H3/b20-13-. The van der Waals surface area contributed by atoms with Crippen LogP contribution in [0.2, 0.25) is 0 Å². The van der Waals surface area contributed by atoms with Gasteiger partial charge in [-0.2, -0.15) is 0 Å². The maximum Gasteiger partial charge on any atom is 0.198 e. The number of carbonyl (C=O) groups is 1. The van der Waals surface area contributed by atoms with E-state index in [4.69, 9.17) is 9.84 Å². The van der Waals surface area contributed by atoms with E-state index >= 15 is 0 Å². The molecule has 0 fully saturated rings. The quantitative estimate of drug-likeness (QED) is 0.334. The van der Waals surface area contributed by atoms with Crippen LogP contribution in [0.1, 0.15) is 44.9 Å². The lowest BCUT2D eigenvalue weighted by molar-refractivity contribution is -0.112. The highest BCUT2D eigenvalue weighted by Crippen LogP contribution is 2.39. The van der Waals surface area contributed by atoms with Gasteiger partial charge in [-0.05, 0) is 69.4 Å². The van der Waals surface area contributed by atoms with Gasteiger partial charge in [0.05, 0.1) is 17.6 Å². The molecule has 3 N–H and O–H groups in total. The maximum atomic E-state index is 12.6. The van der Waals surface area contributed by atoms with Crippen LogP contribution in [0.5, 0.6) is 5.75 Å². The molecule has 0 aromatic heterocycles. The summed E-state index contributed by atoms with van der Waals surface area (Å²) in [5, 5.41) is 29.9. The third kappa shape index (κ3) is 7.30. The first kappa shape index (κ1) is 23.7. The van der Waals surface area contributed by atoms with Crippen LogP contribution in [0.3, 0.4) is 0 Å². The van der Waals surface area contributed by atoms with Gasteiger partial charge in [-0.15, -0.1) is 11.8 Å². The molecule has 1 aromatic carbocycles. The average molecular weight is 421 g/mol. The van der Waals surface area contributed by atoms with Crippen LogP contribution in [0.4, 0.5) is 0 Å². The third-order valence-electron chi connectivity index (χ3n) is 5.03. The van der Waals surface area contributed by atoms with Crippen molar-refractivity contribution in [1.82, 2.24) is 0 Å². The highest BCUT2D eigenvalue weighted by Gasteiger charge is 2.40. The number of ketones is 1. The van der Waals surface area contributed by atoms with Gasteiger partial charge in [0.25, 0.3) is 0 Å². The van der Waals surface area contributed by atoms with Gasteiger partial charge in [-0.1, -0.05) is 24.3 Å². The van der Waals surface area contributed by atoms with Crippen molar-refractivity contribution in [3.63, 3.8) is 0 Å². The summed E-state index contributed by atoms with van der Waals surface area (Å²) in [6.45, 7) is 0.620. The lowest BCUT2D eigenvalue weighted by atomic mass is 9.89. The molecule has 160 valence electrons. The highest BCUT2D eigenvalue weighted by molar-refractivity contribution is 8.03. The van der Waals surface area contributed by atoms with Crippen LogP contribution in [0.25, 0.3) is 0 Å². The van der Waals surface area contributed by atoms with Gasteiger partial charge < -0.3 is 20.1 Å². The van der Waals surface area contributed by atoms with E-state index in [2.05, 4.69) is 0 Å². The average Bonchev–Trinajstić information content (AvgIpc) is 2.97. The van der Waals surface area contributed by atoms with Crippen molar-refractivity contribution in [2.75, 3.05) is 19.5 Å². The Labute approximate surface area is 177 Å². The zero-order valence-corrected chi connectivity index (χ0v) is 17.9. The topological polar surface area (TPSA) is 87.0 Å². The van der Waals surface area contributed by atoms with Crippen LogP contribution in [0.15, 0.2) is 53.0 Å². The molecule has 29 heavy (non-hydrogen) atoms. The van der Waals surface area contributed by atoms with Crippen LogP contribution >= 0.6 is 11.8 Å². The summed E-state index contributed by atoms with van der Waals surface area (Å²) in [7, 11) is 0. The number of allylic oxidation sites excluding steroid dienone is 2. The second-order valence-electron chi connectivity index (χ2n) is 7.30. The summed E-state index contributed by atoms with van der Waals surface area (Å²) < 4.78 is 5.69. The van der Waals surface area contributed by atoms with Crippen molar-refractivity contribution in [3.05, 3.63) is 53.0 Å². The Morgan fingerprint density at radius 1 is 1.17 bits per heavy atom. The minimum Gasteiger partial charge on any atom is -0.494 e. The molecular weight excluding hydrogens is 388 g/mol. The summed E-state index contributed by atoms with van der Waals surface area (Å²) in [5.74, 6) is 0.706. The number of ether oxygens (including phenoxy) is 1. The summed E-state index contributed by atoms with van der Waals surface area (Å²) in [4.78, 5) is 13.2. The first-order valence-corrected chi connectivity index (χ1v) is 11.4. The monoisotopic (exact) mass is 420 g/mol. The Morgan fingerprint density at radius 3 is 2.62 bits per heavy atom. The molecule has 2 unspecified atom stereocenters. The summed E-state index contributed by atoms with van der Waals surface area (Å²) in [6.07, 6.45) is 8.85. The van der Waals surface area contributed by atoms with E-state index < -0.39 is 11.7 Å². The lowest BCUT2D eigenvalue weighted by Gasteiger charge is -2.22. The predicted octanol–water partition coefficient (Wildman–Crippen LogP) is 3.64. The fraction of sp³-hybridized carbons (Fsp3) is 0.522. The predicted molar refractivity (Wildman–Crippen MR) is 117 cm³/mol. The molecule has 0 saturated heterocycles. The smallest absolute Gasteiger partial charge is 0.198 e. The number of hydrogen-bond donors (Lipinski definition) is 3. The fourth-order valence-corrected chi connectivity index (χ4v) is 4.02. The van der Waals surface area contributed by atoms with Gasteiger partial charge in [0.1, 0.15) is 11.4 Å². The molecule has 5 nitrogen and oxygen atoms in total. The SMILES string of the molecule is CSC1=CC(O)(CCCCOc2ccccc2)/C(=C\CCC(O)CCCO)C1=O. The molecule has 0 aliphatic heterocycles. The highest BCUT2D eigenvalue weighted by atomic mass is 32.2. The van der Waals surface area contributed by atoms with Crippen molar-refractivity contribution in [2.24, 2.45) is 0 Å². The first-order chi connectivity index (χ1) is 14.0. The van der Waals surface area contributed by atoms with Crippen LogP contribution in [-0.2, 0) is 4.79 Å². The molecule has 0 bridgehead atoms. The molecule has 0 heterocycles. The summed E-state index contributed by atoms with van der Waals surface area (Å²) in [5.41, 5.74) is -0.835. The van der Waals surface area contributed by atoms with Crippen molar-refractivity contribution in [1.29, 1.82) is 0 Å². The third-order valence-corrected chi connectivity index (χ3v) is 5.78. The Morgan fingerprint density at radius 2 is 1.93 bits per heavy atom. The van der Waals surface area contributed by atoms with Gasteiger partial charge in [0.2, 0.25) is 0 Å². The van der Waals surface area contributed by atoms with Crippen LogP contribution in [0, 0.1) is 0 Å². The van der Waals surface area contributed by atoms with Crippen molar-refractivity contribution < 1.29 is 24.9 Å². The van der Waals surface area contributed by atoms with E-state index in [1.807, 2.05) is 36.6 Å². The van der Waals surface area contributed by atoms with Gasteiger partial charge in [-0.25, -0.2) is 0 Å². The van der Waals surface area contributed by atoms with Crippen molar-refractivity contribution in [3.8, 4) is 5.75 Å². The normalized spacial score (nSPS) is 21.4. The maximum absolute atomic E-state index is 12.6. The molecule has 1 aromatic rings. The van der Waals surface area contributed by atoms with E-state index in [1.54, 1.807) is 12.2 Å². The van der Waals surface area contributed by atoms with E-state index in [-0.39, 0.29) is 12.4 Å². The lowest BCUT2D eigenvalue weighted by Crippen LogP contribution is -2.28. The van der Waals surface area contributed by atoms with Gasteiger partial charge in [0, 0.05) is 12.2 Å². The molecular formula is C23H32O5S. The van der Waals surface area contributed by atoms with Crippen molar-refractivity contribution in [2.45, 2.75) is 56.7 Å². The molecule has 2 rings (SSSR count). The number of hydrogen-bond acceptors (Lipinski definition) is 6. The number of rotatable bonds is 13. The number of unbranched alkanes of at least 4 members (excludes halogenated alkanes) is 1. The molecule has 1 aliphatic carbocycles. The second-order valence-corrected chi connectivity index (χ2v) is 8.15. The van der Waals surface area contributed by atoms with Gasteiger partial charge in [-0.3, -0.25) is 4.79 Å². The molecule has 6 heteroatoms. The Bertz CT molecular complexity index is 700. The number of thioether (sulfide) groups is 1. The Balaban J connectivity index is 1.88. The van der Waals surface area contributed by atoms with E-state index in [1.165, 1.54) is 11.8 Å². The fourth-order valence-electron chi connectivity index (χ4n) is 3.41. The molecule has 0 radical (unpaired) electrons. The molecule has 2 atom stereocenters. The Kier molecular flexibility index (Phi) is 9.94. The van der Waals surface area contributed by atoms with Gasteiger partial charge in [0.15, 0.2) is 5.78 Å². The van der Waals surface area contributed by atoms with Crippen LogP contribution in [-0.4, -0.2) is 52.3 Å². The molecule has 1 aliphatic rings. The number of benzene rings is 1. The molecule has 0 saturated carbocycles. The first-order valence-electron chi connectivity index (χ1n) is 10.2. The number of aliphatic hydroxyl groups excluding tert-OH is 2. The Hall–Kier alpha value is -1.60. The molecule has 0 amide bonds. The second kappa shape index (κ2) is 12.2. The van der Waals surface area contributed by atoms with Crippen LogP contribution < -0.4 is 4.74 Å². The number of Topliss-reactive ketones (excluding diaryl/α,β-unsaturated/α-hetero) is 1. The minimum absolute atomic E-state index is 0.0609. The summed E-state index contributed by atoms with van der Waals surface area (Å²) in [6, 6.07) is 9.61. The van der Waals surface area contributed by atoms with Crippen molar-refractivity contribution >= 4 is 17.5 Å². The van der Waals surface area contributed by atoms with Gasteiger partial charge >= 0.3 is 0 Å². The van der Waals surface area contributed by atoms with E-state index in [0.717, 1.165) is 18.6 Å². The van der Waals surface area contributed by atoms with E-state index in [9.17, 15) is 15.0 Å². The number of carbonyl (C=O) groups excluding carboxylic acids is 1.